The number of hydrogen-bond donors (Lipinski definition) is 1. The molecule has 1 saturated heterocycles. The summed E-state index contributed by atoms with van der Waals surface area (Å²) >= 11 is 0. The minimum atomic E-state index is -1.29. The number of aliphatic hydroxyl groups excluding tert-OH is 1. The van der Waals surface area contributed by atoms with Crippen molar-refractivity contribution < 1.29 is 19.4 Å². The van der Waals surface area contributed by atoms with Gasteiger partial charge in [0.15, 0.2) is 0 Å². The minimum absolute atomic E-state index is 0.202. The average Bonchev–Trinajstić information content (AvgIpc) is 2.69. The molecule has 1 fully saturated rings. The number of amides is 1. The van der Waals surface area contributed by atoms with Gasteiger partial charge in [0.1, 0.15) is 12.0 Å². The first-order valence-electron chi connectivity index (χ1n) is 6.31. The Hall–Kier alpha value is -1.88. The van der Waals surface area contributed by atoms with Crippen LogP contribution < -0.4 is 0 Å². The molecule has 0 saturated carbocycles. The van der Waals surface area contributed by atoms with Crippen molar-refractivity contribution in [3.63, 3.8) is 0 Å². The zero-order valence-corrected chi connectivity index (χ0v) is 10.8. The van der Waals surface area contributed by atoms with Crippen LogP contribution in [0, 0.1) is 5.92 Å². The molecule has 2 rings (SSSR count). The third kappa shape index (κ3) is 2.93. The number of aliphatic hydroxyl groups is 1. The second-order valence-corrected chi connectivity index (χ2v) is 4.51. The lowest BCUT2D eigenvalue weighted by molar-refractivity contribution is -0.152. The van der Waals surface area contributed by atoms with Crippen LogP contribution in [0.4, 0.5) is 0 Å². The standard InChI is InChI=1S/C14H17NO4/c1-2-19-14(18)11-9-15(13(17)12(11)16)8-10-6-4-3-5-7-10/h3-7,11-12,16H,2,8-9H2,1H3/t11-,12-/m0/s1. The quantitative estimate of drug-likeness (QED) is 0.806. The molecule has 5 nitrogen and oxygen atoms in total. The molecule has 1 heterocycles. The predicted octanol–water partition coefficient (Wildman–Crippen LogP) is 0.569. The van der Waals surface area contributed by atoms with Crippen molar-refractivity contribution in [2.45, 2.75) is 19.6 Å². The van der Waals surface area contributed by atoms with Crippen LogP contribution in [-0.4, -0.2) is 41.1 Å². The van der Waals surface area contributed by atoms with Crippen LogP contribution in [0.1, 0.15) is 12.5 Å². The first-order chi connectivity index (χ1) is 9.13. The average molecular weight is 263 g/mol. The number of nitrogens with zero attached hydrogens (tertiary/aromatic N) is 1. The molecule has 0 aromatic heterocycles. The van der Waals surface area contributed by atoms with E-state index in [0.29, 0.717) is 6.54 Å². The third-order valence-electron chi connectivity index (χ3n) is 3.17. The van der Waals surface area contributed by atoms with Gasteiger partial charge in [-0.1, -0.05) is 30.3 Å². The van der Waals surface area contributed by atoms with E-state index < -0.39 is 23.9 Å². The van der Waals surface area contributed by atoms with Crippen molar-refractivity contribution in [2.24, 2.45) is 5.92 Å². The normalized spacial score (nSPS) is 22.6. The van der Waals surface area contributed by atoms with Crippen LogP contribution in [-0.2, 0) is 20.9 Å². The van der Waals surface area contributed by atoms with E-state index in [9.17, 15) is 14.7 Å². The Labute approximate surface area is 111 Å². The maximum absolute atomic E-state index is 11.9. The summed E-state index contributed by atoms with van der Waals surface area (Å²) in [7, 11) is 0. The lowest BCUT2D eigenvalue weighted by Gasteiger charge is -2.15. The van der Waals surface area contributed by atoms with E-state index in [1.54, 1.807) is 6.92 Å². The number of likely N-dealkylation sites (tertiary alicyclic amines) is 1. The largest absolute Gasteiger partial charge is 0.466 e. The Morgan fingerprint density at radius 3 is 2.74 bits per heavy atom. The summed E-state index contributed by atoms with van der Waals surface area (Å²) in [5, 5.41) is 9.81. The second kappa shape index (κ2) is 5.84. The zero-order valence-electron chi connectivity index (χ0n) is 10.8. The highest BCUT2D eigenvalue weighted by molar-refractivity contribution is 5.90. The lowest BCUT2D eigenvalue weighted by Crippen LogP contribution is -2.31. The summed E-state index contributed by atoms with van der Waals surface area (Å²) in [6.07, 6.45) is -1.29. The summed E-state index contributed by atoms with van der Waals surface area (Å²) in [5.41, 5.74) is 0.965. The smallest absolute Gasteiger partial charge is 0.313 e. The Morgan fingerprint density at radius 2 is 2.11 bits per heavy atom. The van der Waals surface area contributed by atoms with E-state index in [1.165, 1.54) is 4.90 Å². The number of benzene rings is 1. The van der Waals surface area contributed by atoms with E-state index >= 15 is 0 Å². The second-order valence-electron chi connectivity index (χ2n) is 4.51. The number of hydrogen-bond acceptors (Lipinski definition) is 4. The van der Waals surface area contributed by atoms with Crippen molar-refractivity contribution in [2.75, 3.05) is 13.2 Å². The Kier molecular flexibility index (Phi) is 4.16. The third-order valence-corrected chi connectivity index (χ3v) is 3.17. The molecule has 0 bridgehead atoms. The number of rotatable bonds is 4. The van der Waals surface area contributed by atoms with Crippen LogP contribution in [0.2, 0.25) is 0 Å². The number of esters is 1. The topological polar surface area (TPSA) is 66.8 Å². The van der Waals surface area contributed by atoms with Crippen LogP contribution >= 0.6 is 0 Å². The van der Waals surface area contributed by atoms with E-state index in [-0.39, 0.29) is 13.2 Å². The molecule has 5 heteroatoms. The van der Waals surface area contributed by atoms with Crippen LogP contribution in [0.15, 0.2) is 30.3 Å². The number of ether oxygens (including phenoxy) is 1. The highest BCUT2D eigenvalue weighted by atomic mass is 16.5. The number of carbonyl (C=O) groups is 2. The summed E-state index contributed by atoms with van der Waals surface area (Å²) in [6.45, 7) is 2.54. The first kappa shape index (κ1) is 13.5. The van der Waals surface area contributed by atoms with Gasteiger partial charge in [-0.25, -0.2) is 0 Å². The Balaban J connectivity index is 2.04. The summed E-state index contributed by atoms with van der Waals surface area (Å²) in [4.78, 5) is 25.0. The van der Waals surface area contributed by atoms with E-state index in [4.69, 9.17) is 4.74 Å². The van der Waals surface area contributed by atoms with Gasteiger partial charge in [0, 0.05) is 13.1 Å². The molecule has 1 amide bonds. The van der Waals surface area contributed by atoms with Crippen LogP contribution in [0.3, 0.4) is 0 Å². The molecule has 1 aromatic rings. The summed E-state index contributed by atoms with van der Waals surface area (Å²) in [6, 6.07) is 9.46. The molecular weight excluding hydrogens is 246 g/mol. The monoisotopic (exact) mass is 263 g/mol. The van der Waals surface area contributed by atoms with Crippen LogP contribution in [0.25, 0.3) is 0 Å². The molecule has 2 atom stereocenters. The fourth-order valence-corrected chi connectivity index (χ4v) is 2.19. The molecule has 0 unspecified atom stereocenters. The SMILES string of the molecule is CCOC(=O)[C@H]1CN(Cc2ccccc2)C(=O)[C@H]1O. The van der Waals surface area contributed by atoms with Crippen molar-refractivity contribution >= 4 is 11.9 Å². The molecule has 19 heavy (non-hydrogen) atoms. The molecule has 1 N–H and O–H groups in total. The first-order valence-corrected chi connectivity index (χ1v) is 6.31. The summed E-state index contributed by atoms with van der Waals surface area (Å²) in [5.74, 6) is -1.71. The highest BCUT2D eigenvalue weighted by Gasteiger charge is 2.43. The van der Waals surface area contributed by atoms with Gasteiger partial charge >= 0.3 is 5.97 Å². The van der Waals surface area contributed by atoms with Gasteiger partial charge in [0.25, 0.3) is 5.91 Å². The van der Waals surface area contributed by atoms with Crippen molar-refractivity contribution in [3.8, 4) is 0 Å². The number of carbonyl (C=O) groups excluding carboxylic acids is 2. The Bertz CT molecular complexity index is 460. The van der Waals surface area contributed by atoms with E-state index in [2.05, 4.69) is 0 Å². The van der Waals surface area contributed by atoms with Crippen molar-refractivity contribution in [1.82, 2.24) is 4.90 Å². The molecule has 1 aromatic carbocycles. The maximum atomic E-state index is 11.9. The molecule has 0 spiro atoms. The fraction of sp³-hybridized carbons (Fsp3) is 0.429. The van der Waals surface area contributed by atoms with Gasteiger partial charge in [-0.3, -0.25) is 9.59 Å². The highest BCUT2D eigenvalue weighted by Crippen LogP contribution is 2.22. The molecule has 0 radical (unpaired) electrons. The molecule has 0 aliphatic carbocycles. The molecule has 1 aliphatic heterocycles. The zero-order chi connectivity index (χ0) is 13.8. The summed E-state index contributed by atoms with van der Waals surface area (Å²) < 4.78 is 4.87. The van der Waals surface area contributed by atoms with Gasteiger partial charge in [0.2, 0.25) is 0 Å². The van der Waals surface area contributed by atoms with Gasteiger partial charge < -0.3 is 14.7 Å². The predicted molar refractivity (Wildman–Crippen MR) is 68.0 cm³/mol. The van der Waals surface area contributed by atoms with Gasteiger partial charge in [0.05, 0.1) is 6.61 Å². The molecular formula is C14H17NO4. The lowest BCUT2D eigenvalue weighted by atomic mass is 10.1. The van der Waals surface area contributed by atoms with Crippen LogP contribution in [0.5, 0.6) is 0 Å². The van der Waals surface area contributed by atoms with E-state index in [1.807, 2.05) is 30.3 Å². The van der Waals surface area contributed by atoms with Gasteiger partial charge in [-0.15, -0.1) is 0 Å². The maximum Gasteiger partial charge on any atom is 0.313 e. The van der Waals surface area contributed by atoms with Gasteiger partial charge in [-0.2, -0.15) is 0 Å². The fourth-order valence-electron chi connectivity index (χ4n) is 2.19. The van der Waals surface area contributed by atoms with E-state index in [0.717, 1.165) is 5.56 Å². The van der Waals surface area contributed by atoms with Crippen molar-refractivity contribution in [1.29, 1.82) is 0 Å². The van der Waals surface area contributed by atoms with Crippen molar-refractivity contribution in [3.05, 3.63) is 35.9 Å². The molecule has 1 aliphatic rings. The Morgan fingerprint density at radius 1 is 1.42 bits per heavy atom. The minimum Gasteiger partial charge on any atom is -0.466 e. The van der Waals surface area contributed by atoms with Gasteiger partial charge in [-0.05, 0) is 12.5 Å². The molecule has 102 valence electrons.